The van der Waals surface area contributed by atoms with Crippen LogP contribution in [-0.2, 0) is 65.4 Å². The third-order valence-corrected chi connectivity index (χ3v) is 19.0. The van der Waals surface area contributed by atoms with Crippen LogP contribution in [0.1, 0.15) is 362 Å². The number of phosphoric acid groups is 2. The normalized spacial score (nSPS) is 14.3. The van der Waals surface area contributed by atoms with Crippen LogP contribution in [0, 0.1) is 0 Å². The molecule has 0 rings (SSSR count). The first-order valence-corrected chi connectivity index (χ1v) is 43.2. The standard InChI is InChI=1S/C81H146O17P2/c1-5-9-13-17-21-25-29-33-37-41-45-49-53-57-61-65-78(83)91-71-76(97-80(85)67-63-59-55-51-47-43-39-35-31-27-23-19-15-11-7-3)73-95-99(87,88)93-69-75(82)70-94-100(89,90)96-74-77(98-81(86)68-64-60-56-52-48-44-40-36-32-28-24-20-16-12-8-4)72-92-79(84)66-62-58-54-50-46-42-38-34-30-26-22-18-14-10-6-2/h9,13,21,25,33-40,75-77,82H,5-8,10-12,14-20,22-24,26-32,41-74H2,1-4H3,(H,87,88)(H,89,90)/b13-9-,25-21-,37-33-,38-34-,39-35-,40-36-. The minimum Gasteiger partial charge on any atom is -0.462 e. The lowest BCUT2D eigenvalue weighted by molar-refractivity contribution is -0.161. The lowest BCUT2D eigenvalue weighted by atomic mass is 10.1. The minimum atomic E-state index is -4.98. The topological polar surface area (TPSA) is 237 Å². The third-order valence-electron chi connectivity index (χ3n) is 17.1. The van der Waals surface area contributed by atoms with Gasteiger partial charge in [-0.3, -0.25) is 37.3 Å². The SMILES string of the molecule is CC/C=C\C/C=C\C/C=C\CCCCCCCC(=O)OCC(COP(=O)(O)OCC(O)COP(=O)(O)OCC(COC(=O)CCCCCCC/C=C\CCCCCCCC)OC(=O)CCCCCCC/C=C\CCCCCCCC)OC(=O)CCCCCCC/C=C\CCCCCCCC. The van der Waals surface area contributed by atoms with Crippen LogP contribution >= 0.6 is 15.6 Å². The van der Waals surface area contributed by atoms with Gasteiger partial charge in [0.15, 0.2) is 12.2 Å². The van der Waals surface area contributed by atoms with E-state index >= 15 is 0 Å². The molecule has 0 saturated carbocycles. The van der Waals surface area contributed by atoms with Gasteiger partial charge in [0.25, 0.3) is 0 Å². The van der Waals surface area contributed by atoms with E-state index in [-0.39, 0.29) is 25.7 Å². The van der Waals surface area contributed by atoms with Gasteiger partial charge < -0.3 is 33.8 Å². The predicted molar refractivity (Wildman–Crippen MR) is 409 cm³/mol. The Bertz CT molecular complexity index is 2180. The second kappa shape index (κ2) is 73.8. The molecule has 19 heteroatoms. The Kier molecular flexibility index (Phi) is 71.2. The van der Waals surface area contributed by atoms with E-state index in [2.05, 4.69) is 101 Å². The van der Waals surface area contributed by atoms with E-state index in [1.54, 1.807) is 0 Å². The van der Waals surface area contributed by atoms with Gasteiger partial charge in [0.05, 0.1) is 26.4 Å². The first-order chi connectivity index (χ1) is 48.7. The maximum Gasteiger partial charge on any atom is 0.472 e. The largest absolute Gasteiger partial charge is 0.472 e. The van der Waals surface area contributed by atoms with Gasteiger partial charge in [-0.2, -0.15) is 0 Å². The van der Waals surface area contributed by atoms with Crippen molar-refractivity contribution in [1.29, 1.82) is 0 Å². The average Bonchev–Trinajstić information content (AvgIpc) is 1.01. The highest BCUT2D eigenvalue weighted by Crippen LogP contribution is 2.45. The van der Waals surface area contributed by atoms with Crippen molar-refractivity contribution >= 4 is 39.5 Å². The molecule has 0 aliphatic rings. The van der Waals surface area contributed by atoms with E-state index in [4.69, 9.17) is 37.0 Å². The Labute approximate surface area is 609 Å². The number of unbranched alkanes of at least 4 members (excludes halogenated alkanes) is 38. The molecule has 0 fully saturated rings. The number of rotatable bonds is 76. The van der Waals surface area contributed by atoms with Crippen molar-refractivity contribution in [2.24, 2.45) is 0 Å². The fourth-order valence-electron chi connectivity index (χ4n) is 11.0. The van der Waals surface area contributed by atoms with Gasteiger partial charge in [-0.15, -0.1) is 0 Å². The summed E-state index contributed by atoms with van der Waals surface area (Å²) in [6, 6.07) is 0. The van der Waals surface area contributed by atoms with Crippen molar-refractivity contribution in [3.05, 3.63) is 72.9 Å². The molecule has 0 radical (unpaired) electrons. The molecular weight excluding hydrogens is 1310 g/mol. The fraction of sp³-hybridized carbons (Fsp3) is 0.802. The van der Waals surface area contributed by atoms with Crippen LogP contribution in [0.4, 0.5) is 0 Å². The zero-order valence-corrected chi connectivity index (χ0v) is 65.4. The number of esters is 4. The van der Waals surface area contributed by atoms with E-state index in [0.29, 0.717) is 25.7 Å². The lowest BCUT2D eigenvalue weighted by Gasteiger charge is -2.21. The Morgan fingerprint density at radius 1 is 0.290 bits per heavy atom. The van der Waals surface area contributed by atoms with E-state index in [0.717, 1.165) is 167 Å². The Morgan fingerprint density at radius 2 is 0.520 bits per heavy atom. The highest BCUT2D eigenvalue weighted by molar-refractivity contribution is 7.47. The zero-order chi connectivity index (χ0) is 73.2. The molecule has 0 aliphatic carbocycles. The number of hydrogen-bond acceptors (Lipinski definition) is 15. The molecule has 0 bridgehead atoms. The molecule has 17 nitrogen and oxygen atoms in total. The highest BCUT2D eigenvalue weighted by atomic mass is 31.2. The summed E-state index contributed by atoms with van der Waals surface area (Å²) in [6.07, 6.45) is 74.5. The summed E-state index contributed by atoms with van der Waals surface area (Å²) >= 11 is 0. The molecule has 0 aromatic heterocycles. The Hall–Kier alpha value is -3.50. The third kappa shape index (κ3) is 72.8. The number of ether oxygens (including phenoxy) is 4. The Balaban J connectivity index is 5.36. The van der Waals surface area contributed by atoms with Crippen molar-refractivity contribution in [1.82, 2.24) is 0 Å². The molecule has 582 valence electrons. The van der Waals surface area contributed by atoms with Crippen LogP contribution in [-0.4, -0.2) is 96.7 Å². The summed E-state index contributed by atoms with van der Waals surface area (Å²) in [7, 11) is -9.95. The molecule has 100 heavy (non-hydrogen) atoms. The van der Waals surface area contributed by atoms with Crippen molar-refractivity contribution in [2.45, 2.75) is 380 Å². The summed E-state index contributed by atoms with van der Waals surface area (Å²) in [4.78, 5) is 73.0. The molecule has 0 heterocycles. The lowest BCUT2D eigenvalue weighted by Crippen LogP contribution is -2.30. The summed E-state index contributed by atoms with van der Waals surface area (Å²) in [6.45, 7) is 4.76. The van der Waals surface area contributed by atoms with Crippen LogP contribution in [0.2, 0.25) is 0 Å². The van der Waals surface area contributed by atoms with Crippen LogP contribution < -0.4 is 0 Å². The van der Waals surface area contributed by atoms with Crippen molar-refractivity contribution < 1.29 is 80.2 Å². The van der Waals surface area contributed by atoms with Crippen LogP contribution in [0.25, 0.3) is 0 Å². The van der Waals surface area contributed by atoms with Gasteiger partial charge in [0.1, 0.15) is 19.3 Å². The molecule has 0 aromatic carbocycles. The summed E-state index contributed by atoms with van der Waals surface area (Å²) in [5, 5.41) is 10.6. The monoisotopic (exact) mass is 1450 g/mol. The number of carbonyl (C=O) groups excluding carboxylic acids is 4. The molecule has 5 unspecified atom stereocenters. The summed E-state index contributed by atoms with van der Waals surface area (Å²) in [5.74, 6) is -2.20. The van der Waals surface area contributed by atoms with Gasteiger partial charge >= 0.3 is 39.5 Å². The number of aliphatic hydroxyl groups excluding tert-OH is 1. The van der Waals surface area contributed by atoms with Crippen molar-refractivity contribution in [3.8, 4) is 0 Å². The van der Waals surface area contributed by atoms with Gasteiger partial charge in [0, 0.05) is 25.7 Å². The first-order valence-electron chi connectivity index (χ1n) is 40.2. The van der Waals surface area contributed by atoms with E-state index in [9.17, 15) is 43.2 Å². The quantitative estimate of drug-likeness (QED) is 0.0169. The second-order valence-electron chi connectivity index (χ2n) is 27.0. The highest BCUT2D eigenvalue weighted by Gasteiger charge is 2.30. The summed E-state index contributed by atoms with van der Waals surface area (Å²) < 4.78 is 68.6. The minimum absolute atomic E-state index is 0.0833. The number of hydrogen-bond donors (Lipinski definition) is 3. The van der Waals surface area contributed by atoms with E-state index < -0.39 is 97.5 Å². The van der Waals surface area contributed by atoms with Crippen molar-refractivity contribution in [3.63, 3.8) is 0 Å². The molecule has 0 spiro atoms. The van der Waals surface area contributed by atoms with Gasteiger partial charge in [-0.25, -0.2) is 9.13 Å². The maximum absolute atomic E-state index is 13.1. The van der Waals surface area contributed by atoms with E-state index in [1.165, 1.54) is 116 Å². The zero-order valence-electron chi connectivity index (χ0n) is 63.6. The molecule has 0 saturated heterocycles. The number of phosphoric ester groups is 2. The number of carbonyl (C=O) groups is 4. The van der Waals surface area contributed by atoms with E-state index in [1.807, 2.05) is 0 Å². The molecule has 3 N–H and O–H groups in total. The summed E-state index contributed by atoms with van der Waals surface area (Å²) in [5.41, 5.74) is 0. The second-order valence-corrected chi connectivity index (χ2v) is 29.9. The molecular formula is C81H146O17P2. The molecule has 0 aromatic rings. The van der Waals surface area contributed by atoms with Crippen molar-refractivity contribution in [2.75, 3.05) is 39.6 Å². The van der Waals surface area contributed by atoms with Gasteiger partial charge in [-0.1, -0.05) is 274 Å². The van der Waals surface area contributed by atoms with Crippen LogP contribution in [0.5, 0.6) is 0 Å². The smallest absolute Gasteiger partial charge is 0.462 e. The molecule has 5 atom stereocenters. The first kappa shape index (κ1) is 96.5. The molecule has 0 amide bonds. The molecule has 0 aliphatic heterocycles. The number of allylic oxidation sites excluding steroid dienone is 12. The fourth-order valence-corrected chi connectivity index (χ4v) is 12.6. The maximum atomic E-state index is 13.1. The van der Waals surface area contributed by atoms with Gasteiger partial charge in [-0.05, 0) is 135 Å². The average molecular weight is 1450 g/mol. The van der Waals surface area contributed by atoms with Gasteiger partial charge in [0.2, 0.25) is 0 Å². The predicted octanol–water partition coefficient (Wildman–Crippen LogP) is 23.2. The number of aliphatic hydroxyl groups is 1. The van der Waals surface area contributed by atoms with Crippen LogP contribution in [0.15, 0.2) is 72.9 Å². The Morgan fingerprint density at radius 3 is 0.810 bits per heavy atom. The van der Waals surface area contributed by atoms with Crippen LogP contribution in [0.3, 0.4) is 0 Å².